The van der Waals surface area contributed by atoms with E-state index in [1.165, 1.54) is 21.6 Å². The van der Waals surface area contributed by atoms with Gasteiger partial charge in [-0.2, -0.15) is 0 Å². The van der Waals surface area contributed by atoms with Crippen molar-refractivity contribution in [3.05, 3.63) is 35.4 Å². The highest BCUT2D eigenvalue weighted by Gasteiger charge is 2.34. The van der Waals surface area contributed by atoms with Crippen molar-refractivity contribution in [3.63, 3.8) is 0 Å². The summed E-state index contributed by atoms with van der Waals surface area (Å²) in [5.41, 5.74) is 0.817. The second kappa shape index (κ2) is 7.96. The quantitative estimate of drug-likeness (QED) is 0.552. The molecule has 0 spiro atoms. The van der Waals surface area contributed by atoms with Crippen molar-refractivity contribution in [2.45, 2.75) is 12.8 Å². The molecular formula is C17H17N3O4S2. The van der Waals surface area contributed by atoms with Crippen molar-refractivity contribution in [2.75, 3.05) is 25.4 Å². The number of hydrogen-bond acceptors (Lipinski definition) is 6. The van der Waals surface area contributed by atoms with Gasteiger partial charge in [0.2, 0.25) is 11.8 Å². The van der Waals surface area contributed by atoms with Crippen LogP contribution in [-0.2, 0) is 9.59 Å². The average molecular weight is 391 g/mol. The Hall–Kier alpha value is -2.26. The van der Waals surface area contributed by atoms with Gasteiger partial charge in [-0.3, -0.25) is 29.0 Å². The molecule has 2 aliphatic rings. The Morgan fingerprint density at radius 1 is 1.08 bits per heavy atom. The first-order valence-electron chi connectivity index (χ1n) is 8.18. The summed E-state index contributed by atoms with van der Waals surface area (Å²) in [5.74, 6) is -0.506. The van der Waals surface area contributed by atoms with Gasteiger partial charge in [-0.05, 0) is 18.6 Å². The molecule has 0 atom stereocenters. The molecule has 0 aliphatic carbocycles. The second-order valence-electron chi connectivity index (χ2n) is 5.86. The molecular weight excluding hydrogens is 374 g/mol. The first-order chi connectivity index (χ1) is 12.5. The van der Waals surface area contributed by atoms with Gasteiger partial charge < -0.3 is 5.32 Å². The molecule has 1 aromatic carbocycles. The minimum atomic E-state index is -0.315. The van der Waals surface area contributed by atoms with Crippen LogP contribution in [-0.4, -0.2) is 63.1 Å². The van der Waals surface area contributed by atoms with E-state index in [1.54, 1.807) is 24.3 Å². The molecule has 1 saturated heterocycles. The van der Waals surface area contributed by atoms with Crippen LogP contribution in [0.1, 0.15) is 33.6 Å². The molecule has 26 heavy (non-hydrogen) atoms. The number of carbonyl (C=O) groups is 4. The number of rotatable bonds is 7. The summed E-state index contributed by atoms with van der Waals surface area (Å²) in [6.45, 7) is 0.873. The number of carbonyl (C=O) groups excluding carboxylic acids is 4. The number of nitrogens with one attached hydrogen (secondary N) is 1. The lowest BCUT2D eigenvalue weighted by atomic mass is 10.1. The van der Waals surface area contributed by atoms with E-state index in [0.717, 1.165) is 0 Å². The van der Waals surface area contributed by atoms with Gasteiger partial charge in [0, 0.05) is 26.1 Å². The SMILES string of the molecule is O=C(CCCN1C(=O)c2ccccc2C1=O)NCCN1C(=O)CSC1=S. The fourth-order valence-electron chi connectivity index (χ4n) is 2.83. The van der Waals surface area contributed by atoms with Crippen molar-refractivity contribution in [2.24, 2.45) is 0 Å². The molecule has 0 saturated carbocycles. The zero-order valence-electron chi connectivity index (χ0n) is 13.9. The largest absolute Gasteiger partial charge is 0.354 e. The van der Waals surface area contributed by atoms with E-state index in [0.29, 0.717) is 40.7 Å². The Kier molecular flexibility index (Phi) is 5.67. The Morgan fingerprint density at radius 2 is 1.73 bits per heavy atom. The zero-order chi connectivity index (χ0) is 18.7. The van der Waals surface area contributed by atoms with Crippen LogP contribution < -0.4 is 5.32 Å². The molecule has 1 aromatic rings. The van der Waals surface area contributed by atoms with Crippen LogP contribution in [0.3, 0.4) is 0 Å². The highest BCUT2D eigenvalue weighted by molar-refractivity contribution is 8.23. The van der Waals surface area contributed by atoms with E-state index in [9.17, 15) is 19.2 Å². The van der Waals surface area contributed by atoms with Crippen molar-refractivity contribution in [1.82, 2.24) is 15.1 Å². The van der Waals surface area contributed by atoms with E-state index >= 15 is 0 Å². The summed E-state index contributed by atoms with van der Waals surface area (Å²) in [6.07, 6.45) is 0.578. The van der Waals surface area contributed by atoms with Crippen LogP contribution in [0.15, 0.2) is 24.3 Å². The van der Waals surface area contributed by atoms with E-state index in [4.69, 9.17) is 12.2 Å². The van der Waals surface area contributed by atoms with Crippen LogP contribution in [0.2, 0.25) is 0 Å². The predicted molar refractivity (Wildman–Crippen MR) is 101 cm³/mol. The van der Waals surface area contributed by atoms with Crippen molar-refractivity contribution in [3.8, 4) is 0 Å². The van der Waals surface area contributed by atoms with Gasteiger partial charge in [0.05, 0.1) is 16.9 Å². The highest BCUT2D eigenvalue weighted by Crippen LogP contribution is 2.22. The average Bonchev–Trinajstić information content (AvgIpc) is 3.07. The summed E-state index contributed by atoms with van der Waals surface area (Å²) in [6, 6.07) is 6.70. The minimum Gasteiger partial charge on any atom is -0.354 e. The topological polar surface area (TPSA) is 86.8 Å². The number of benzene rings is 1. The summed E-state index contributed by atoms with van der Waals surface area (Å²) >= 11 is 6.39. The molecule has 2 aliphatic heterocycles. The normalized spacial score (nSPS) is 16.5. The summed E-state index contributed by atoms with van der Waals surface area (Å²) in [5, 5.41) is 2.73. The molecule has 0 aromatic heterocycles. The van der Waals surface area contributed by atoms with Crippen LogP contribution in [0, 0.1) is 0 Å². The summed E-state index contributed by atoms with van der Waals surface area (Å²) in [7, 11) is 0. The standard InChI is InChI=1S/C17H17N3O4S2/c21-13(18-7-9-19-14(22)10-26-17(19)25)6-3-8-20-15(23)11-4-1-2-5-12(11)16(20)24/h1-2,4-5H,3,6-10H2,(H,18,21). The second-order valence-corrected chi connectivity index (χ2v) is 7.47. The molecule has 1 fully saturated rings. The molecule has 3 rings (SSSR count). The van der Waals surface area contributed by atoms with Crippen LogP contribution in [0.25, 0.3) is 0 Å². The molecule has 2 heterocycles. The zero-order valence-corrected chi connectivity index (χ0v) is 15.5. The minimum absolute atomic E-state index is 0.0418. The Morgan fingerprint density at radius 3 is 2.31 bits per heavy atom. The molecule has 0 radical (unpaired) electrons. The molecule has 136 valence electrons. The van der Waals surface area contributed by atoms with E-state index in [1.807, 2.05) is 0 Å². The maximum absolute atomic E-state index is 12.2. The van der Waals surface area contributed by atoms with Gasteiger partial charge in [-0.15, -0.1) is 0 Å². The van der Waals surface area contributed by atoms with E-state index in [-0.39, 0.29) is 36.6 Å². The van der Waals surface area contributed by atoms with E-state index < -0.39 is 0 Å². The van der Waals surface area contributed by atoms with Gasteiger partial charge in [-0.25, -0.2) is 0 Å². The smallest absolute Gasteiger partial charge is 0.261 e. The number of amides is 4. The Bertz CT molecular complexity index is 745. The van der Waals surface area contributed by atoms with Gasteiger partial charge in [0.25, 0.3) is 11.8 Å². The monoisotopic (exact) mass is 391 g/mol. The van der Waals surface area contributed by atoms with Gasteiger partial charge >= 0.3 is 0 Å². The first kappa shape index (κ1) is 18.5. The van der Waals surface area contributed by atoms with E-state index in [2.05, 4.69) is 5.32 Å². The number of hydrogen-bond donors (Lipinski definition) is 1. The molecule has 1 N–H and O–H groups in total. The Labute approximate surface area is 160 Å². The van der Waals surface area contributed by atoms with Gasteiger partial charge in [0.15, 0.2) is 0 Å². The lowest BCUT2D eigenvalue weighted by Crippen LogP contribution is -2.37. The third kappa shape index (κ3) is 3.78. The van der Waals surface area contributed by atoms with Crippen molar-refractivity contribution >= 4 is 51.9 Å². The lowest BCUT2D eigenvalue weighted by Gasteiger charge is -2.16. The van der Waals surface area contributed by atoms with Crippen molar-refractivity contribution in [1.29, 1.82) is 0 Å². The number of fused-ring (bicyclic) bond motifs is 1. The maximum Gasteiger partial charge on any atom is 0.261 e. The highest BCUT2D eigenvalue weighted by atomic mass is 32.2. The summed E-state index contributed by atoms with van der Waals surface area (Å²) in [4.78, 5) is 50.6. The fraction of sp³-hybridized carbons (Fsp3) is 0.353. The molecule has 7 nitrogen and oxygen atoms in total. The molecule has 0 bridgehead atoms. The molecule has 9 heteroatoms. The van der Waals surface area contributed by atoms with Crippen LogP contribution in [0.4, 0.5) is 0 Å². The number of nitrogens with zero attached hydrogens (tertiary/aromatic N) is 2. The first-order valence-corrected chi connectivity index (χ1v) is 9.57. The maximum atomic E-state index is 12.2. The number of thioether (sulfide) groups is 1. The third-order valence-electron chi connectivity index (χ3n) is 4.16. The fourth-order valence-corrected chi connectivity index (χ4v) is 3.95. The predicted octanol–water partition coefficient (Wildman–Crippen LogP) is 1.04. The van der Waals surface area contributed by atoms with Crippen LogP contribution >= 0.6 is 24.0 Å². The number of thiocarbonyl (C=S) groups is 1. The molecule has 0 unspecified atom stereocenters. The summed E-state index contributed by atoms with van der Waals surface area (Å²) < 4.78 is 0.537. The Balaban J connectivity index is 1.39. The number of imide groups is 1. The van der Waals surface area contributed by atoms with Gasteiger partial charge in [0.1, 0.15) is 4.32 Å². The van der Waals surface area contributed by atoms with Gasteiger partial charge in [-0.1, -0.05) is 36.1 Å². The van der Waals surface area contributed by atoms with Crippen molar-refractivity contribution < 1.29 is 19.2 Å². The third-order valence-corrected chi connectivity index (χ3v) is 5.59. The van der Waals surface area contributed by atoms with Crippen LogP contribution in [0.5, 0.6) is 0 Å². The lowest BCUT2D eigenvalue weighted by molar-refractivity contribution is -0.125. The molecule has 4 amide bonds.